The molecule has 0 saturated carbocycles. The lowest BCUT2D eigenvalue weighted by atomic mass is 9.86. The standard InChI is InChI=1S/C18H23NO/c1-3-17(14-9-6-5-7-10-14)18(19)15-11-8-12-16(13-15)20-4-2/h5-13,17-18H,3-4,19H2,1-2H3. The van der Waals surface area contributed by atoms with Crippen LogP contribution < -0.4 is 10.5 Å². The van der Waals surface area contributed by atoms with Crippen LogP contribution in [0.15, 0.2) is 54.6 Å². The van der Waals surface area contributed by atoms with E-state index < -0.39 is 0 Å². The lowest BCUT2D eigenvalue weighted by molar-refractivity contribution is 0.339. The molecule has 0 aromatic heterocycles. The molecule has 0 bridgehead atoms. The molecule has 0 heterocycles. The normalized spacial score (nSPS) is 13.8. The molecule has 2 rings (SSSR count). The quantitative estimate of drug-likeness (QED) is 0.849. The van der Waals surface area contributed by atoms with Gasteiger partial charge in [-0.15, -0.1) is 0 Å². The molecule has 2 unspecified atom stereocenters. The molecule has 0 radical (unpaired) electrons. The largest absolute Gasteiger partial charge is 0.494 e. The topological polar surface area (TPSA) is 35.2 Å². The summed E-state index contributed by atoms with van der Waals surface area (Å²) >= 11 is 0. The van der Waals surface area contributed by atoms with Gasteiger partial charge in [0.1, 0.15) is 5.75 Å². The van der Waals surface area contributed by atoms with Crippen LogP contribution in [-0.4, -0.2) is 6.61 Å². The first-order valence-electron chi connectivity index (χ1n) is 7.29. The van der Waals surface area contributed by atoms with Crippen molar-refractivity contribution in [1.29, 1.82) is 0 Å². The lowest BCUT2D eigenvalue weighted by Crippen LogP contribution is -2.19. The van der Waals surface area contributed by atoms with Gasteiger partial charge in [-0.25, -0.2) is 0 Å². The minimum absolute atomic E-state index is 0.0113. The number of benzene rings is 2. The highest BCUT2D eigenvalue weighted by Crippen LogP contribution is 2.32. The zero-order valence-corrected chi connectivity index (χ0v) is 12.3. The van der Waals surface area contributed by atoms with Crippen molar-refractivity contribution < 1.29 is 4.74 Å². The van der Waals surface area contributed by atoms with Gasteiger partial charge in [-0.3, -0.25) is 0 Å². The van der Waals surface area contributed by atoms with Crippen molar-refractivity contribution in [2.24, 2.45) is 5.73 Å². The molecule has 0 spiro atoms. The maximum atomic E-state index is 6.49. The maximum absolute atomic E-state index is 6.49. The summed E-state index contributed by atoms with van der Waals surface area (Å²) in [4.78, 5) is 0. The summed E-state index contributed by atoms with van der Waals surface area (Å²) in [7, 11) is 0. The van der Waals surface area contributed by atoms with Gasteiger partial charge in [0.2, 0.25) is 0 Å². The molecule has 0 aliphatic heterocycles. The van der Waals surface area contributed by atoms with Crippen molar-refractivity contribution >= 4 is 0 Å². The van der Waals surface area contributed by atoms with Crippen molar-refractivity contribution in [2.45, 2.75) is 32.2 Å². The third-order valence-corrected chi connectivity index (χ3v) is 3.66. The molecule has 2 aromatic carbocycles. The second kappa shape index (κ2) is 7.11. The first kappa shape index (κ1) is 14.6. The predicted octanol–water partition coefficient (Wildman–Crippen LogP) is 4.28. The SMILES string of the molecule is CCOc1cccc(C(N)C(CC)c2ccccc2)c1. The van der Waals surface area contributed by atoms with E-state index in [4.69, 9.17) is 10.5 Å². The maximum Gasteiger partial charge on any atom is 0.119 e. The third kappa shape index (κ3) is 3.40. The van der Waals surface area contributed by atoms with Gasteiger partial charge in [-0.05, 0) is 36.6 Å². The molecule has 20 heavy (non-hydrogen) atoms. The summed E-state index contributed by atoms with van der Waals surface area (Å²) in [5.74, 6) is 1.22. The number of hydrogen-bond acceptors (Lipinski definition) is 2. The Balaban J connectivity index is 2.24. The van der Waals surface area contributed by atoms with Gasteiger partial charge in [0.05, 0.1) is 6.61 Å². The van der Waals surface area contributed by atoms with Crippen LogP contribution in [0.1, 0.15) is 43.4 Å². The molecule has 106 valence electrons. The molecule has 0 aliphatic rings. The second-order valence-corrected chi connectivity index (χ2v) is 4.96. The number of rotatable bonds is 6. The summed E-state index contributed by atoms with van der Waals surface area (Å²) in [6, 6.07) is 18.6. The highest BCUT2D eigenvalue weighted by atomic mass is 16.5. The van der Waals surface area contributed by atoms with Gasteiger partial charge >= 0.3 is 0 Å². The lowest BCUT2D eigenvalue weighted by Gasteiger charge is -2.24. The zero-order valence-electron chi connectivity index (χ0n) is 12.3. The van der Waals surface area contributed by atoms with E-state index in [1.165, 1.54) is 5.56 Å². The van der Waals surface area contributed by atoms with Gasteiger partial charge in [0.15, 0.2) is 0 Å². The van der Waals surface area contributed by atoms with Crippen LogP contribution in [-0.2, 0) is 0 Å². The Labute approximate surface area is 121 Å². The Morgan fingerprint density at radius 2 is 1.65 bits per heavy atom. The summed E-state index contributed by atoms with van der Waals surface area (Å²) in [5.41, 5.74) is 8.92. The minimum atomic E-state index is -0.0113. The van der Waals surface area contributed by atoms with Crippen molar-refractivity contribution in [2.75, 3.05) is 6.61 Å². The van der Waals surface area contributed by atoms with Crippen LogP contribution in [0.25, 0.3) is 0 Å². The van der Waals surface area contributed by atoms with Crippen molar-refractivity contribution in [3.63, 3.8) is 0 Å². The molecule has 0 fully saturated rings. The van der Waals surface area contributed by atoms with Crippen molar-refractivity contribution in [3.8, 4) is 5.75 Å². The highest BCUT2D eigenvalue weighted by Gasteiger charge is 2.19. The van der Waals surface area contributed by atoms with E-state index in [2.05, 4.69) is 43.3 Å². The molecule has 0 aliphatic carbocycles. The van der Waals surface area contributed by atoms with E-state index in [0.29, 0.717) is 12.5 Å². The van der Waals surface area contributed by atoms with Gasteiger partial charge in [0, 0.05) is 12.0 Å². The van der Waals surface area contributed by atoms with Crippen LogP contribution >= 0.6 is 0 Å². The van der Waals surface area contributed by atoms with Gasteiger partial charge in [-0.1, -0.05) is 49.4 Å². The monoisotopic (exact) mass is 269 g/mol. The number of ether oxygens (including phenoxy) is 1. The second-order valence-electron chi connectivity index (χ2n) is 4.96. The predicted molar refractivity (Wildman–Crippen MR) is 84.0 cm³/mol. The van der Waals surface area contributed by atoms with Crippen LogP contribution in [0.5, 0.6) is 5.75 Å². The average molecular weight is 269 g/mol. The highest BCUT2D eigenvalue weighted by molar-refractivity contribution is 5.33. The van der Waals surface area contributed by atoms with Crippen molar-refractivity contribution in [1.82, 2.24) is 0 Å². The van der Waals surface area contributed by atoms with Gasteiger partial charge in [0.25, 0.3) is 0 Å². The van der Waals surface area contributed by atoms with E-state index in [9.17, 15) is 0 Å². The summed E-state index contributed by atoms with van der Waals surface area (Å²) in [6.45, 7) is 4.85. The van der Waals surface area contributed by atoms with Crippen LogP contribution in [0.4, 0.5) is 0 Å². The fourth-order valence-electron chi connectivity index (χ4n) is 2.61. The van der Waals surface area contributed by atoms with Crippen LogP contribution in [0, 0.1) is 0 Å². The molecule has 2 atom stereocenters. The Hall–Kier alpha value is -1.80. The Morgan fingerprint density at radius 1 is 0.950 bits per heavy atom. The zero-order chi connectivity index (χ0) is 14.4. The molecular weight excluding hydrogens is 246 g/mol. The molecular formula is C18H23NO. The minimum Gasteiger partial charge on any atom is -0.494 e. The van der Waals surface area contributed by atoms with E-state index in [0.717, 1.165) is 17.7 Å². The average Bonchev–Trinajstić information content (AvgIpc) is 2.50. The Kier molecular flexibility index (Phi) is 5.19. The Bertz CT molecular complexity index is 524. The van der Waals surface area contributed by atoms with E-state index in [-0.39, 0.29) is 6.04 Å². The first-order valence-corrected chi connectivity index (χ1v) is 7.29. The van der Waals surface area contributed by atoms with E-state index >= 15 is 0 Å². The fourth-order valence-corrected chi connectivity index (χ4v) is 2.61. The third-order valence-electron chi connectivity index (χ3n) is 3.66. The summed E-state index contributed by atoms with van der Waals surface area (Å²) < 4.78 is 5.56. The van der Waals surface area contributed by atoms with Gasteiger partial charge < -0.3 is 10.5 Å². The molecule has 0 amide bonds. The molecule has 2 nitrogen and oxygen atoms in total. The smallest absolute Gasteiger partial charge is 0.119 e. The van der Waals surface area contributed by atoms with E-state index in [1.807, 2.05) is 25.1 Å². The number of hydrogen-bond donors (Lipinski definition) is 1. The molecule has 0 saturated heterocycles. The fraction of sp³-hybridized carbons (Fsp3) is 0.333. The Morgan fingerprint density at radius 3 is 2.30 bits per heavy atom. The van der Waals surface area contributed by atoms with E-state index in [1.54, 1.807) is 0 Å². The molecule has 2 N–H and O–H groups in total. The van der Waals surface area contributed by atoms with Crippen molar-refractivity contribution in [3.05, 3.63) is 65.7 Å². The first-order chi connectivity index (χ1) is 9.76. The summed E-state index contributed by atoms with van der Waals surface area (Å²) in [6.07, 6.45) is 1.02. The molecule has 2 aromatic rings. The van der Waals surface area contributed by atoms with Crippen LogP contribution in [0.3, 0.4) is 0 Å². The number of nitrogens with two attached hydrogens (primary N) is 1. The summed E-state index contributed by atoms with van der Waals surface area (Å²) in [5, 5.41) is 0. The van der Waals surface area contributed by atoms with Crippen LogP contribution in [0.2, 0.25) is 0 Å². The molecule has 2 heteroatoms. The van der Waals surface area contributed by atoms with Gasteiger partial charge in [-0.2, -0.15) is 0 Å².